The number of unbranched alkanes of at least 4 members (excludes halogenated alkanes) is 3. The fourth-order valence-corrected chi connectivity index (χ4v) is 0.846. The third kappa shape index (κ3) is 7.10. The molecule has 2 N–H and O–H groups in total. The van der Waals surface area contributed by atoms with Gasteiger partial charge in [0.2, 0.25) is 0 Å². The first kappa shape index (κ1) is 10.2. The zero-order chi connectivity index (χ0) is 8.53. The molecule has 64 valence electrons. The Morgan fingerprint density at radius 3 is 2.73 bits per heavy atom. The molecule has 0 unspecified atom stereocenters. The molecule has 11 heavy (non-hydrogen) atoms. The van der Waals surface area contributed by atoms with E-state index in [0.29, 0.717) is 5.82 Å². The van der Waals surface area contributed by atoms with Crippen LogP contribution >= 0.6 is 0 Å². The Labute approximate surface area is 69.2 Å². The van der Waals surface area contributed by atoms with E-state index < -0.39 is 0 Å². The van der Waals surface area contributed by atoms with Crippen molar-refractivity contribution >= 4 is 6.21 Å². The SMILES string of the molecule is C/C=N/C(N)=C\CCCCC. The Hall–Kier alpha value is -0.790. The Kier molecular flexibility index (Phi) is 6.79. The molecule has 0 amide bonds. The maximum atomic E-state index is 5.53. The van der Waals surface area contributed by atoms with Gasteiger partial charge in [0.05, 0.1) is 0 Å². The van der Waals surface area contributed by atoms with Gasteiger partial charge < -0.3 is 5.73 Å². The van der Waals surface area contributed by atoms with Crippen LogP contribution in [0, 0.1) is 0 Å². The average Bonchev–Trinajstić information content (AvgIpc) is 1.99. The van der Waals surface area contributed by atoms with Crippen molar-refractivity contribution in [3.63, 3.8) is 0 Å². The molecule has 0 aliphatic heterocycles. The Balaban J connectivity index is 3.40. The fourth-order valence-electron chi connectivity index (χ4n) is 0.846. The predicted octanol–water partition coefficient (Wildman–Crippen LogP) is 2.46. The van der Waals surface area contributed by atoms with Gasteiger partial charge in [-0.15, -0.1) is 0 Å². The summed E-state index contributed by atoms with van der Waals surface area (Å²) in [5.74, 6) is 0.642. The summed E-state index contributed by atoms with van der Waals surface area (Å²) in [6, 6.07) is 0. The van der Waals surface area contributed by atoms with Crippen molar-refractivity contribution in [2.24, 2.45) is 10.7 Å². The molecule has 2 nitrogen and oxygen atoms in total. The number of allylic oxidation sites excluding steroid dienone is 1. The highest BCUT2D eigenvalue weighted by molar-refractivity contribution is 5.54. The topological polar surface area (TPSA) is 38.4 Å². The van der Waals surface area contributed by atoms with E-state index in [1.165, 1.54) is 19.3 Å². The van der Waals surface area contributed by atoms with Crippen LogP contribution in [-0.2, 0) is 0 Å². The normalized spacial score (nSPS) is 12.7. The van der Waals surface area contributed by atoms with Gasteiger partial charge in [0, 0.05) is 6.21 Å². The Bertz CT molecular complexity index is 136. The number of rotatable bonds is 5. The van der Waals surface area contributed by atoms with Crippen LogP contribution in [0.25, 0.3) is 0 Å². The minimum Gasteiger partial charge on any atom is -0.384 e. The fraction of sp³-hybridized carbons (Fsp3) is 0.667. The first-order valence-corrected chi connectivity index (χ1v) is 4.25. The molecule has 0 spiro atoms. The summed E-state index contributed by atoms with van der Waals surface area (Å²) in [4.78, 5) is 3.94. The van der Waals surface area contributed by atoms with Gasteiger partial charge in [-0.3, -0.25) is 0 Å². The average molecular weight is 154 g/mol. The van der Waals surface area contributed by atoms with Gasteiger partial charge in [-0.25, -0.2) is 4.99 Å². The minimum absolute atomic E-state index is 0.642. The molecule has 0 aliphatic carbocycles. The van der Waals surface area contributed by atoms with E-state index in [9.17, 15) is 0 Å². The second-order valence-electron chi connectivity index (χ2n) is 2.51. The lowest BCUT2D eigenvalue weighted by molar-refractivity contribution is 0.726. The summed E-state index contributed by atoms with van der Waals surface area (Å²) in [6.45, 7) is 4.06. The molecular formula is C9H18N2. The molecule has 0 aromatic carbocycles. The molecule has 0 rings (SSSR count). The lowest BCUT2D eigenvalue weighted by atomic mass is 10.2. The van der Waals surface area contributed by atoms with Crippen LogP contribution in [0.2, 0.25) is 0 Å². The summed E-state index contributed by atoms with van der Waals surface area (Å²) in [5.41, 5.74) is 5.53. The molecule has 0 radical (unpaired) electrons. The third-order valence-electron chi connectivity index (χ3n) is 1.44. The van der Waals surface area contributed by atoms with E-state index in [1.807, 2.05) is 13.0 Å². The molecule has 0 aliphatic rings. The summed E-state index contributed by atoms with van der Waals surface area (Å²) in [5, 5.41) is 0. The summed E-state index contributed by atoms with van der Waals surface area (Å²) < 4.78 is 0. The summed E-state index contributed by atoms with van der Waals surface area (Å²) in [6.07, 6.45) is 8.50. The number of hydrogen-bond donors (Lipinski definition) is 1. The highest BCUT2D eigenvalue weighted by Crippen LogP contribution is 2.00. The van der Waals surface area contributed by atoms with Gasteiger partial charge in [0.1, 0.15) is 5.82 Å². The van der Waals surface area contributed by atoms with E-state index in [1.54, 1.807) is 6.21 Å². The molecule has 0 bridgehead atoms. The zero-order valence-electron chi connectivity index (χ0n) is 7.51. The smallest absolute Gasteiger partial charge is 0.118 e. The largest absolute Gasteiger partial charge is 0.384 e. The maximum absolute atomic E-state index is 5.53. The Morgan fingerprint density at radius 2 is 2.18 bits per heavy atom. The van der Waals surface area contributed by atoms with Crippen molar-refractivity contribution in [2.45, 2.75) is 39.5 Å². The number of nitrogens with zero attached hydrogens (tertiary/aromatic N) is 1. The molecule has 0 heterocycles. The van der Waals surface area contributed by atoms with E-state index in [0.717, 1.165) is 6.42 Å². The highest BCUT2D eigenvalue weighted by atomic mass is 14.9. The van der Waals surface area contributed by atoms with Crippen LogP contribution in [0.3, 0.4) is 0 Å². The van der Waals surface area contributed by atoms with Crippen LogP contribution in [0.5, 0.6) is 0 Å². The molecule has 0 fully saturated rings. The predicted molar refractivity (Wildman–Crippen MR) is 50.6 cm³/mol. The molecule has 0 saturated carbocycles. The standard InChI is InChI=1S/C9H18N2/c1-3-5-6-7-8-9(10)11-4-2/h4,8H,3,5-7,10H2,1-2H3/b9-8-,11-4+. The number of hydrogen-bond acceptors (Lipinski definition) is 2. The highest BCUT2D eigenvalue weighted by Gasteiger charge is 1.84. The number of aliphatic imine (C=N–C) groups is 1. The summed E-state index contributed by atoms with van der Waals surface area (Å²) >= 11 is 0. The maximum Gasteiger partial charge on any atom is 0.118 e. The van der Waals surface area contributed by atoms with Gasteiger partial charge >= 0.3 is 0 Å². The minimum atomic E-state index is 0.642. The first-order valence-electron chi connectivity index (χ1n) is 4.25. The van der Waals surface area contributed by atoms with Crippen LogP contribution in [0.1, 0.15) is 39.5 Å². The molecular weight excluding hydrogens is 136 g/mol. The van der Waals surface area contributed by atoms with Gasteiger partial charge in [-0.1, -0.05) is 19.8 Å². The molecule has 0 aromatic heterocycles. The summed E-state index contributed by atoms with van der Waals surface area (Å²) in [7, 11) is 0. The van der Waals surface area contributed by atoms with Crippen molar-refractivity contribution in [3.8, 4) is 0 Å². The molecule has 0 saturated heterocycles. The van der Waals surface area contributed by atoms with Gasteiger partial charge in [-0.2, -0.15) is 0 Å². The van der Waals surface area contributed by atoms with Crippen molar-refractivity contribution in [1.82, 2.24) is 0 Å². The monoisotopic (exact) mass is 154 g/mol. The molecule has 0 atom stereocenters. The van der Waals surface area contributed by atoms with Crippen molar-refractivity contribution in [3.05, 3.63) is 11.9 Å². The van der Waals surface area contributed by atoms with E-state index >= 15 is 0 Å². The van der Waals surface area contributed by atoms with Gasteiger partial charge in [-0.05, 0) is 25.8 Å². The lowest BCUT2D eigenvalue weighted by Crippen LogP contribution is -1.92. The van der Waals surface area contributed by atoms with Crippen LogP contribution < -0.4 is 5.73 Å². The van der Waals surface area contributed by atoms with Gasteiger partial charge in [0.25, 0.3) is 0 Å². The van der Waals surface area contributed by atoms with Crippen molar-refractivity contribution in [2.75, 3.05) is 0 Å². The van der Waals surface area contributed by atoms with E-state index in [2.05, 4.69) is 11.9 Å². The molecule has 0 aromatic rings. The second kappa shape index (κ2) is 7.32. The number of nitrogens with two attached hydrogens (primary N) is 1. The Morgan fingerprint density at radius 1 is 1.45 bits per heavy atom. The van der Waals surface area contributed by atoms with Crippen LogP contribution in [0.15, 0.2) is 16.9 Å². The van der Waals surface area contributed by atoms with Crippen molar-refractivity contribution < 1.29 is 0 Å². The van der Waals surface area contributed by atoms with Crippen LogP contribution in [-0.4, -0.2) is 6.21 Å². The second-order valence-corrected chi connectivity index (χ2v) is 2.51. The van der Waals surface area contributed by atoms with E-state index in [4.69, 9.17) is 5.73 Å². The van der Waals surface area contributed by atoms with E-state index in [-0.39, 0.29) is 0 Å². The lowest BCUT2D eigenvalue weighted by Gasteiger charge is -1.93. The zero-order valence-corrected chi connectivity index (χ0v) is 7.51. The van der Waals surface area contributed by atoms with Gasteiger partial charge in [0.15, 0.2) is 0 Å². The quantitative estimate of drug-likeness (QED) is 0.479. The first-order chi connectivity index (χ1) is 5.31. The molecule has 2 heteroatoms. The van der Waals surface area contributed by atoms with Crippen LogP contribution in [0.4, 0.5) is 0 Å². The van der Waals surface area contributed by atoms with Crippen molar-refractivity contribution in [1.29, 1.82) is 0 Å². The third-order valence-corrected chi connectivity index (χ3v) is 1.44.